The highest BCUT2D eigenvalue weighted by Gasteiger charge is 2.11. The van der Waals surface area contributed by atoms with Crippen molar-refractivity contribution in [3.05, 3.63) is 54.4 Å². The average molecular weight is 255 g/mol. The summed E-state index contributed by atoms with van der Waals surface area (Å²) in [5.41, 5.74) is 7.66. The van der Waals surface area contributed by atoms with Crippen LogP contribution in [0.4, 0.5) is 0 Å². The van der Waals surface area contributed by atoms with Crippen molar-refractivity contribution >= 4 is 11.0 Å². The maximum absolute atomic E-state index is 6.03. The molecule has 0 saturated heterocycles. The quantitative estimate of drug-likeness (QED) is 0.774. The number of ether oxygens (including phenoxy) is 1. The minimum atomic E-state index is -0.246. The molecular weight excluding hydrogens is 242 g/mol. The maximum Gasteiger partial charge on any atom is 0.262 e. The highest BCUT2D eigenvalue weighted by molar-refractivity contribution is 5.81. The predicted molar refractivity (Wildman–Crippen MR) is 70.7 cm³/mol. The summed E-state index contributed by atoms with van der Waals surface area (Å²) in [4.78, 5) is 4.03. The molecule has 3 rings (SSSR count). The van der Waals surface area contributed by atoms with Crippen LogP contribution in [0.25, 0.3) is 11.0 Å². The van der Waals surface area contributed by atoms with Crippen molar-refractivity contribution in [3.63, 3.8) is 0 Å². The van der Waals surface area contributed by atoms with E-state index in [0.29, 0.717) is 18.1 Å². The zero-order valence-corrected chi connectivity index (χ0v) is 10.2. The number of nitrogens with two attached hydrogens (primary N) is 1. The first-order valence-corrected chi connectivity index (χ1v) is 5.97. The van der Waals surface area contributed by atoms with E-state index in [9.17, 15) is 0 Å². The Hall–Kier alpha value is -2.40. The third-order valence-electron chi connectivity index (χ3n) is 2.86. The molecule has 0 saturated carbocycles. The number of hydrogen-bond acceptors (Lipinski definition) is 5. The number of para-hydroxylation sites is 1. The lowest BCUT2D eigenvalue weighted by atomic mass is 10.1. The molecule has 1 unspecified atom stereocenters. The minimum Gasteiger partial charge on any atom is -0.473 e. The summed E-state index contributed by atoms with van der Waals surface area (Å²) in [6, 6.07) is 11.1. The molecule has 0 radical (unpaired) electrons. The van der Waals surface area contributed by atoms with Crippen LogP contribution in [0.15, 0.2) is 53.3 Å². The summed E-state index contributed by atoms with van der Waals surface area (Å²) >= 11 is 0. The average Bonchev–Trinajstić information content (AvgIpc) is 2.89. The lowest BCUT2D eigenvalue weighted by Crippen LogP contribution is -2.19. The molecule has 0 aliphatic carbocycles. The Bertz CT molecular complexity index is 667. The van der Waals surface area contributed by atoms with Crippen molar-refractivity contribution in [1.82, 2.24) is 10.1 Å². The summed E-state index contributed by atoms with van der Waals surface area (Å²) in [5, 5.41) is 4.74. The molecule has 2 heterocycles. The lowest BCUT2D eigenvalue weighted by molar-refractivity contribution is 0.264. The molecule has 3 aromatic rings. The SMILES string of the molecule is NC(COc1noc2ccccc12)c1cccnc1. The van der Waals surface area contributed by atoms with E-state index in [1.54, 1.807) is 12.4 Å². The van der Waals surface area contributed by atoms with Gasteiger partial charge in [-0.2, -0.15) is 0 Å². The summed E-state index contributed by atoms with van der Waals surface area (Å²) in [6.07, 6.45) is 3.44. The third kappa shape index (κ3) is 2.41. The Kier molecular flexibility index (Phi) is 3.12. The topological polar surface area (TPSA) is 74.2 Å². The molecule has 2 aromatic heterocycles. The standard InChI is InChI=1S/C14H13N3O2/c15-12(10-4-3-7-16-8-10)9-18-14-11-5-1-2-6-13(11)19-17-14/h1-8,12H,9,15H2. The first-order chi connectivity index (χ1) is 9.34. The fourth-order valence-electron chi connectivity index (χ4n) is 1.83. The van der Waals surface area contributed by atoms with Gasteiger partial charge in [0.2, 0.25) is 0 Å². The first kappa shape index (κ1) is 11.7. The second-order valence-electron chi connectivity index (χ2n) is 4.19. The van der Waals surface area contributed by atoms with Crippen molar-refractivity contribution < 1.29 is 9.26 Å². The van der Waals surface area contributed by atoms with E-state index in [0.717, 1.165) is 10.9 Å². The summed E-state index contributed by atoms with van der Waals surface area (Å²) < 4.78 is 10.8. The Morgan fingerprint density at radius 3 is 2.95 bits per heavy atom. The van der Waals surface area contributed by atoms with Gasteiger partial charge in [0.15, 0.2) is 5.58 Å². The van der Waals surface area contributed by atoms with Crippen LogP contribution in [-0.4, -0.2) is 16.7 Å². The van der Waals surface area contributed by atoms with E-state index in [2.05, 4.69) is 10.1 Å². The van der Waals surface area contributed by atoms with E-state index >= 15 is 0 Å². The van der Waals surface area contributed by atoms with Crippen molar-refractivity contribution in [2.24, 2.45) is 5.73 Å². The van der Waals surface area contributed by atoms with Gasteiger partial charge in [0.05, 0.1) is 11.4 Å². The van der Waals surface area contributed by atoms with Gasteiger partial charge in [0.1, 0.15) is 6.61 Å². The molecular formula is C14H13N3O2. The molecule has 5 heteroatoms. The summed E-state index contributed by atoms with van der Waals surface area (Å²) in [7, 11) is 0. The van der Waals surface area contributed by atoms with Crippen LogP contribution in [0.2, 0.25) is 0 Å². The zero-order chi connectivity index (χ0) is 13.1. The summed E-state index contributed by atoms with van der Waals surface area (Å²) in [6.45, 7) is 0.322. The number of benzene rings is 1. The zero-order valence-electron chi connectivity index (χ0n) is 10.2. The molecule has 0 aliphatic rings. The molecule has 96 valence electrons. The van der Waals surface area contributed by atoms with Crippen molar-refractivity contribution in [2.75, 3.05) is 6.61 Å². The van der Waals surface area contributed by atoms with E-state index in [1.807, 2.05) is 36.4 Å². The minimum absolute atomic E-state index is 0.246. The second-order valence-corrected chi connectivity index (χ2v) is 4.19. The Balaban J connectivity index is 1.73. The van der Waals surface area contributed by atoms with E-state index in [1.165, 1.54) is 0 Å². The van der Waals surface area contributed by atoms with Crippen molar-refractivity contribution in [2.45, 2.75) is 6.04 Å². The molecule has 0 bridgehead atoms. The van der Waals surface area contributed by atoms with Crippen LogP contribution in [0.1, 0.15) is 11.6 Å². The van der Waals surface area contributed by atoms with Gasteiger partial charge >= 0.3 is 0 Å². The number of nitrogens with zero attached hydrogens (tertiary/aromatic N) is 2. The van der Waals surface area contributed by atoms with Crippen LogP contribution in [0.3, 0.4) is 0 Å². The smallest absolute Gasteiger partial charge is 0.262 e. The van der Waals surface area contributed by atoms with Crippen LogP contribution >= 0.6 is 0 Å². The van der Waals surface area contributed by atoms with Gasteiger partial charge in [0.25, 0.3) is 5.88 Å². The maximum atomic E-state index is 6.03. The monoisotopic (exact) mass is 255 g/mol. The van der Waals surface area contributed by atoms with Gasteiger partial charge in [-0.15, -0.1) is 0 Å². The lowest BCUT2D eigenvalue weighted by Gasteiger charge is -2.11. The van der Waals surface area contributed by atoms with Gasteiger partial charge in [-0.3, -0.25) is 4.98 Å². The molecule has 1 aromatic carbocycles. The molecule has 19 heavy (non-hydrogen) atoms. The van der Waals surface area contributed by atoms with Gasteiger partial charge < -0.3 is 15.0 Å². The van der Waals surface area contributed by atoms with E-state index in [-0.39, 0.29) is 6.04 Å². The fraction of sp³-hybridized carbons (Fsp3) is 0.143. The van der Waals surface area contributed by atoms with Crippen LogP contribution < -0.4 is 10.5 Å². The number of fused-ring (bicyclic) bond motifs is 1. The number of aromatic nitrogens is 2. The molecule has 5 nitrogen and oxygen atoms in total. The van der Waals surface area contributed by atoms with Gasteiger partial charge in [-0.25, -0.2) is 0 Å². The highest BCUT2D eigenvalue weighted by atomic mass is 16.5. The number of hydrogen-bond donors (Lipinski definition) is 1. The Labute approximate surface area is 110 Å². The summed E-state index contributed by atoms with van der Waals surface area (Å²) in [5.74, 6) is 0.468. The van der Waals surface area contributed by atoms with Crippen molar-refractivity contribution in [1.29, 1.82) is 0 Å². The van der Waals surface area contributed by atoms with Crippen LogP contribution in [0, 0.1) is 0 Å². The number of pyridine rings is 1. The Morgan fingerprint density at radius 1 is 1.21 bits per heavy atom. The van der Waals surface area contributed by atoms with E-state index < -0.39 is 0 Å². The number of rotatable bonds is 4. The molecule has 0 aliphatic heterocycles. The first-order valence-electron chi connectivity index (χ1n) is 5.97. The van der Waals surface area contributed by atoms with Crippen LogP contribution in [0.5, 0.6) is 5.88 Å². The largest absolute Gasteiger partial charge is 0.473 e. The normalized spacial score (nSPS) is 12.5. The molecule has 0 fully saturated rings. The predicted octanol–water partition coefficient (Wildman–Crippen LogP) is 2.30. The molecule has 0 spiro atoms. The molecule has 0 amide bonds. The van der Waals surface area contributed by atoms with Crippen molar-refractivity contribution in [3.8, 4) is 5.88 Å². The van der Waals surface area contributed by atoms with Gasteiger partial charge in [0, 0.05) is 12.4 Å². The second kappa shape index (κ2) is 5.07. The molecule has 2 N–H and O–H groups in total. The van der Waals surface area contributed by atoms with Crippen LogP contribution in [-0.2, 0) is 0 Å². The molecule has 1 atom stereocenters. The fourth-order valence-corrected chi connectivity index (χ4v) is 1.83. The van der Waals surface area contributed by atoms with Gasteiger partial charge in [-0.1, -0.05) is 18.2 Å². The van der Waals surface area contributed by atoms with Gasteiger partial charge in [-0.05, 0) is 28.9 Å². The van der Waals surface area contributed by atoms with E-state index in [4.69, 9.17) is 15.0 Å². The third-order valence-corrected chi connectivity index (χ3v) is 2.86. The highest BCUT2D eigenvalue weighted by Crippen LogP contribution is 2.24. The Morgan fingerprint density at radius 2 is 2.11 bits per heavy atom.